The quantitative estimate of drug-likeness (QED) is 0.346. The molecule has 0 saturated heterocycles. The molecule has 0 fully saturated rings. The lowest BCUT2D eigenvalue weighted by Crippen LogP contribution is -2.07. The fourth-order valence-electron chi connectivity index (χ4n) is 1.07. The van der Waals surface area contributed by atoms with E-state index in [4.69, 9.17) is 15.6 Å². The van der Waals surface area contributed by atoms with Gasteiger partial charge in [-0.05, 0) is 19.1 Å². The second-order valence-corrected chi connectivity index (χ2v) is 2.99. The summed E-state index contributed by atoms with van der Waals surface area (Å²) in [6.45, 7) is 1.14. The molecule has 0 bridgehead atoms. The van der Waals surface area contributed by atoms with Crippen LogP contribution < -0.4 is 5.73 Å². The first-order valence-corrected chi connectivity index (χ1v) is 4.48. The zero-order valence-corrected chi connectivity index (χ0v) is 8.84. The highest BCUT2D eigenvalue weighted by atomic mass is 16.3. The third-order valence-corrected chi connectivity index (χ3v) is 1.67. The summed E-state index contributed by atoms with van der Waals surface area (Å²) < 4.78 is 0. The Hall–Kier alpha value is -2.17. The van der Waals surface area contributed by atoms with Crippen LogP contribution in [0.15, 0.2) is 24.3 Å². The molecular weight excluding hydrogens is 210 g/mol. The number of carbonyl (C=O) groups excluding carboxylic acids is 2. The number of anilines is 1. The van der Waals surface area contributed by atoms with Gasteiger partial charge in [0.15, 0.2) is 5.78 Å². The van der Waals surface area contributed by atoms with Gasteiger partial charge in [-0.25, -0.2) is 0 Å². The van der Waals surface area contributed by atoms with Crippen molar-refractivity contribution in [2.24, 2.45) is 0 Å². The number of rotatable bonds is 3. The first-order chi connectivity index (χ1) is 7.52. The van der Waals surface area contributed by atoms with Gasteiger partial charge in [-0.2, -0.15) is 0 Å². The number of benzene rings is 1. The Balaban J connectivity index is 0.000000673. The van der Waals surface area contributed by atoms with Gasteiger partial charge in [-0.15, -0.1) is 0 Å². The van der Waals surface area contributed by atoms with E-state index >= 15 is 0 Å². The lowest BCUT2D eigenvalue weighted by atomic mass is 10.1. The number of para-hydroxylation sites is 1. The number of nitrogen functional groups attached to an aromatic ring is 1. The Labute approximate surface area is 92.9 Å². The average Bonchev–Trinajstić information content (AvgIpc) is 2.18. The van der Waals surface area contributed by atoms with E-state index in [1.165, 1.54) is 6.92 Å². The molecule has 1 aromatic rings. The SMILES string of the molecule is CC(=O)CC(=O)c1ccccc1N.O=CO. The van der Waals surface area contributed by atoms with Gasteiger partial charge in [-0.1, -0.05) is 12.1 Å². The van der Waals surface area contributed by atoms with Crippen molar-refractivity contribution in [2.75, 3.05) is 5.73 Å². The van der Waals surface area contributed by atoms with Crippen LogP contribution in [0.4, 0.5) is 5.69 Å². The summed E-state index contributed by atoms with van der Waals surface area (Å²) in [5.41, 5.74) is 6.42. The lowest BCUT2D eigenvalue weighted by molar-refractivity contribution is -0.123. The molecule has 1 rings (SSSR count). The monoisotopic (exact) mass is 223 g/mol. The van der Waals surface area contributed by atoms with E-state index in [1.807, 2.05) is 0 Å². The van der Waals surface area contributed by atoms with Gasteiger partial charge in [-0.3, -0.25) is 14.4 Å². The van der Waals surface area contributed by atoms with E-state index in [2.05, 4.69) is 0 Å². The van der Waals surface area contributed by atoms with Crippen molar-refractivity contribution in [3.05, 3.63) is 29.8 Å². The molecule has 0 radical (unpaired) electrons. The maximum absolute atomic E-state index is 11.4. The summed E-state index contributed by atoms with van der Waals surface area (Å²) in [6.07, 6.45) is -0.0752. The molecule has 0 aliphatic rings. The van der Waals surface area contributed by atoms with E-state index < -0.39 is 0 Å². The molecule has 0 heterocycles. The predicted molar refractivity (Wildman–Crippen MR) is 59.2 cm³/mol. The predicted octanol–water partition coefficient (Wildman–Crippen LogP) is 1.13. The van der Waals surface area contributed by atoms with E-state index in [9.17, 15) is 9.59 Å². The zero-order valence-electron chi connectivity index (χ0n) is 8.84. The maximum atomic E-state index is 11.4. The highest BCUT2D eigenvalue weighted by molar-refractivity contribution is 6.09. The van der Waals surface area contributed by atoms with Crippen molar-refractivity contribution < 1.29 is 19.5 Å². The van der Waals surface area contributed by atoms with Gasteiger partial charge in [0.1, 0.15) is 5.78 Å². The van der Waals surface area contributed by atoms with Gasteiger partial charge in [0.25, 0.3) is 6.47 Å². The first-order valence-electron chi connectivity index (χ1n) is 4.48. The lowest BCUT2D eigenvalue weighted by Gasteiger charge is -2.01. The van der Waals surface area contributed by atoms with Crippen LogP contribution in [0.3, 0.4) is 0 Å². The van der Waals surface area contributed by atoms with Crippen LogP contribution >= 0.6 is 0 Å². The van der Waals surface area contributed by atoms with Gasteiger partial charge in [0, 0.05) is 11.3 Å². The van der Waals surface area contributed by atoms with Gasteiger partial charge in [0.05, 0.1) is 6.42 Å². The van der Waals surface area contributed by atoms with E-state index in [0.29, 0.717) is 11.3 Å². The summed E-state index contributed by atoms with van der Waals surface area (Å²) in [7, 11) is 0. The fourth-order valence-corrected chi connectivity index (χ4v) is 1.07. The third kappa shape index (κ3) is 4.90. The Morgan fingerprint density at radius 1 is 1.38 bits per heavy atom. The van der Waals surface area contributed by atoms with Crippen LogP contribution in [-0.4, -0.2) is 23.1 Å². The van der Waals surface area contributed by atoms with Crippen molar-refractivity contribution in [1.82, 2.24) is 0 Å². The molecule has 86 valence electrons. The molecule has 0 amide bonds. The van der Waals surface area contributed by atoms with E-state index in [-0.39, 0.29) is 24.5 Å². The average molecular weight is 223 g/mol. The largest absolute Gasteiger partial charge is 0.483 e. The Bertz CT molecular complexity index is 387. The molecule has 0 aliphatic heterocycles. The molecule has 0 atom stereocenters. The second kappa shape index (κ2) is 7.17. The van der Waals surface area contributed by atoms with Crippen LogP contribution in [0.2, 0.25) is 0 Å². The number of hydrogen-bond donors (Lipinski definition) is 2. The summed E-state index contributed by atoms with van der Waals surface area (Å²) in [6, 6.07) is 6.75. The topological polar surface area (TPSA) is 97.5 Å². The minimum atomic E-state index is -0.250. The smallest absolute Gasteiger partial charge is 0.290 e. The molecule has 0 unspecified atom stereocenters. The first kappa shape index (κ1) is 13.8. The van der Waals surface area contributed by atoms with Crippen molar-refractivity contribution in [1.29, 1.82) is 0 Å². The molecular formula is C11H13NO4. The molecule has 5 heteroatoms. The molecule has 0 aromatic heterocycles. The van der Waals surface area contributed by atoms with E-state index in [0.717, 1.165) is 0 Å². The van der Waals surface area contributed by atoms with Crippen molar-refractivity contribution >= 4 is 23.7 Å². The number of carboxylic acid groups (broad SMARTS) is 1. The van der Waals surface area contributed by atoms with Crippen molar-refractivity contribution in [3.63, 3.8) is 0 Å². The van der Waals surface area contributed by atoms with Crippen LogP contribution in [-0.2, 0) is 9.59 Å². The number of Topliss-reactive ketones (excluding diaryl/α,β-unsaturated/α-hetero) is 2. The molecule has 0 saturated carbocycles. The minimum Gasteiger partial charge on any atom is -0.483 e. The molecule has 0 spiro atoms. The Morgan fingerprint density at radius 2 is 1.88 bits per heavy atom. The Kier molecular flexibility index (Phi) is 6.19. The number of carbonyl (C=O) groups is 3. The maximum Gasteiger partial charge on any atom is 0.290 e. The number of ketones is 2. The van der Waals surface area contributed by atoms with Crippen molar-refractivity contribution in [2.45, 2.75) is 13.3 Å². The summed E-state index contributed by atoms with van der Waals surface area (Å²) in [4.78, 5) is 30.4. The van der Waals surface area contributed by atoms with Crippen LogP contribution in [0, 0.1) is 0 Å². The zero-order chi connectivity index (χ0) is 12.6. The molecule has 5 nitrogen and oxygen atoms in total. The van der Waals surface area contributed by atoms with Gasteiger partial charge in [0.2, 0.25) is 0 Å². The van der Waals surface area contributed by atoms with E-state index in [1.54, 1.807) is 24.3 Å². The van der Waals surface area contributed by atoms with Crippen molar-refractivity contribution in [3.8, 4) is 0 Å². The minimum absolute atomic E-state index is 0.0752. The standard InChI is InChI=1S/C10H11NO2.CH2O2/c1-7(12)6-10(13)8-4-2-3-5-9(8)11;2-1-3/h2-5H,6,11H2,1H3;1H,(H,2,3). The van der Waals surface area contributed by atoms with Crippen LogP contribution in [0.5, 0.6) is 0 Å². The summed E-state index contributed by atoms with van der Waals surface area (Å²) in [5, 5.41) is 6.89. The molecule has 1 aromatic carbocycles. The summed E-state index contributed by atoms with van der Waals surface area (Å²) in [5.74, 6) is -0.362. The third-order valence-electron chi connectivity index (χ3n) is 1.67. The van der Waals surface area contributed by atoms with Crippen LogP contribution in [0.1, 0.15) is 23.7 Å². The van der Waals surface area contributed by atoms with Crippen LogP contribution in [0.25, 0.3) is 0 Å². The summed E-state index contributed by atoms with van der Waals surface area (Å²) >= 11 is 0. The molecule has 0 aliphatic carbocycles. The fraction of sp³-hybridized carbons (Fsp3) is 0.182. The molecule has 16 heavy (non-hydrogen) atoms. The molecule has 3 N–H and O–H groups in total. The number of hydrogen-bond acceptors (Lipinski definition) is 4. The highest BCUT2D eigenvalue weighted by Crippen LogP contribution is 2.12. The van der Waals surface area contributed by atoms with Gasteiger partial charge >= 0.3 is 0 Å². The highest BCUT2D eigenvalue weighted by Gasteiger charge is 2.10. The number of nitrogens with two attached hydrogens (primary N) is 1. The van der Waals surface area contributed by atoms with Gasteiger partial charge < -0.3 is 10.8 Å². The second-order valence-electron chi connectivity index (χ2n) is 2.99. The normalized spacial score (nSPS) is 8.56. The Morgan fingerprint density at radius 3 is 2.31 bits per heavy atom.